The molecule has 0 amide bonds. The first-order valence-corrected chi connectivity index (χ1v) is 8.05. The van der Waals surface area contributed by atoms with Crippen LogP contribution in [0.2, 0.25) is 0 Å². The van der Waals surface area contributed by atoms with Gasteiger partial charge < -0.3 is 19.5 Å². The molecule has 1 heterocycles. The van der Waals surface area contributed by atoms with E-state index in [1.54, 1.807) is 32.7 Å². The van der Waals surface area contributed by atoms with Gasteiger partial charge in [-0.1, -0.05) is 0 Å². The van der Waals surface area contributed by atoms with Crippen molar-refractivity contribution in [1.82, 2.24) is 10.3 Å². The molecular weight excluding hydrogens is 300 g/mol. The van der Waals surface area contributed by atoms with Gasteiger partial charge in [-0.3, -0.25) is 0 Å². The van der Waals surface area contributed by atoms with Crippen LogP contribution >= 0.6 is 11.3 Å². The largest absolute Gasteiger partial charge is 0.493 e. The van der Waals surface area contributed by atoms with Crippen LogP contribution in [0.15, 0.2) is 18.3 Å². The fourth-order valence-corrected chi connectivity index (χ4v) is 3.12. The van der Waals surface area contributed by atoms with Crippen LogP contribution in [0.4, 0.5) is 0 Å². The van der Waals surface area contributed by atoms with E-state index in [0.717, 1.165) is 22.0 Å². The second kappa shape index (κ2) is 6.54. The first-order chi connectivity index (χ1) is 10.7. The van der Waals surface area contributed by atoms with Gasteiger partial charge in [0.25, 0.3) is 0 Å². The third kappa shape index (κ3) is 3.18. The summed E-state index contributed by atoms with van der Waals surface area (Å²) in [5.41, 5.74) is 1.02. The van der Waals surface area contributed by atoms with E-state index in [4.69, 9.17) is 14.2 Å². The second-order valence-electron chi connectivity index (χ2n) is 5.19. The van der Waals surface area contributed by atoms with Crippen molar-refractivity contribution >= 4 is 11.3 Å². The Morgan fingerprint density at radius 2 is 1.82 bits per heavy atom. The highest BCUT2D eigenvalue weighted by Gasteiger charge is 2.21. The van der Waals surface area contributed by atoms with Crippen molar-refractivity contribution in [2.45, 2.75) is 25.4 Å². The average Bonchev–Trinajstić information content (AvgIpc) is 3.27. The van der Waals surface area contributed by atoms with Crippen molar-refractivity contribution < 1.29 is 14.2 Å². The van der Waals surface area contributed by atoms with Crippen molar-refractivity contribution in [1.29, 1.82) is 0 Å². The molecule has 5 nitrogen and oxygen atoms in total. The molecule has 6 heteroatoms. The van der Waals surface area contributed by atoms with Crippen molar-refractivity contribution in [2.24, 2.45) is 0 Å². The molecule has 0 unspecified atom stereocenters. The van der Waals surface area contributed by atoms with Gasteiger partial charge >= 0.3 is 0 Å². The van der Waals surface area contributed by atoms with Gasteiger partial charge in [0, 0.05) is 24.3 Å². The maximum absolute atomic E-state index is 5.40. The van der Waals surface area contributed by atoms with Crippen LogP contribution in [-0.4, -0.2) is 32.4 Å². The predicted octanol–water partition coefficient (Wildman–Crippen LogP) is 3.09. The number of nitrogens with zero attached hydrogens (tertiary/aromatic N) is 1. The van der Waals surface area contributed by atoms with E-state index in [2.05, 4.69) is 10.3 Å². The first kappa shape index (κ1) is 15.1. The van der Waals surface area contributed by atoms with Gasteiger partial charge in [0.05, 0.1) is 26.2 Å². The first-order valence-electron chi connectivity index (χ1n) is 7.23. The zero-order chi connectivity index (χ0) is 15.5. The Bertz CT molecular complexity index is 628. The highest BCUT2D eigenvalue weighted by atomic mass is 32.1. The number of ether oxygens (including phenoxy) is 3. The van der Waals surface area contributed by atoms with Crippen LogP contribution in [0.25, 0.3) is 10.4 Å². The Labute approximate surface area is 134 Å². The van der Waals surface area contributed by atoms with Crippen molar-refractivity contribution in [3.05, 3.63) is 23.3 Å². The van der Waals surface area contributed by atoms with E-state index in [1.807, 2.05) is 18.3 Å². The smallest absolute Gasteiger partial charge is 0.203 e. The Kier molecular flexibility index (Phi) is 4.49. The molecule has 1 aromatic carbocycles. The fourth-order valence-electron chi connectivity index (χ4n) is 2.27. The lowest BCUT2D eigenvalue weighted by Crippen LogP contribution is -2.14. The summed E-state index contributed by atoms with van der Waals surface area (Å²) < 4.78 is 16.2. The van der Waals surface area contributed by atoms with Gasteiger partial charge in [0.15, 0.2) is 11.5 Å². The molecule has 3 rings (SSSR count). The molecular formula is C16H20N2O3S. The van der Waals surface area contributed by atoms with E-state index in [9.17, 15) is 0 Å². The summed E-state index contributed by atoms with van der Waals surface area (Å²) in [6, 6.07) is 4.59. The highest BCUT2D eigenvalue weighted by molar-refractivity contribution is 7.15. The minimum absolute atomic E-state index is 0.605. The number of aromatic nitrogens is 1. The van der Waals surface area contributed by atoms with E-state index in [1.165, 1.54) is 12.8 Å². The molecule has 22 heavy (non-hydrogen) atoms. The van der Waals surface area contributed by atoms with Crippen LogP contribution in [0, 0.1) is 0 Å². The van der Waals surface area contributed by atoms with Crippen molar-refractivity contribution in [3.8, 4) is 27.7 Å². The molecule has 1 fully saturated rings. The number of methoxy groups -OCH3 is 3. The molecule has 1 saturated carbocycles. The summed E-state index contributed by atoms with van der Waals surface area (Å²) in [6.45, 7) is 0.833. The molecule has 0 radical (unpaired) electrons. The number of hydrogen-bond acceptors (Lipinski definition) is 6. The lowest BCUT2D eigenvalue weighted by Gasteiger charge is -2.13. The number of hydrogen-bond donors (Lipinski definition) is 1. The molecule has 1 aliphatic rings. The summed E-state index contributed by atoms with van der Waals surface area (Å²) in [6.07, 6.45) is 4.46. The molecule has 1 N–H and O–H groups in total. The zero-order valence-corrected chi connectivity index (χ0v) is 13.8. The van der Waals surface area contributed by atoms with Crippen molar-refractivity contribution in [2.75, 3.05) is 21.3 Å². The van der Waals surface area contributed by atoms with E-state index in [-0.39, 0.29) is 0 Å². The SMILES string of the molecule is COc1cc(-c2cnc(CNC3CC3)s2)cc(OC)c1OC. The van der Waals surface area contributed by atoms with E-state index >= 15 is 0 Å². The Morgan fingerprint density at radius 3 is 2.36 bits per heavy atom. The van der Waals surface area contributed by atoms with Crippen LogP contribution in [-0.2, 0) is 6.54 Å². The van der Waals surface area contributed by atoms with Crippen LogP contribution in [0.1, 0.15) is 17.8 Å². The number of nitrogens with one attached hydrogen (secondary N) is 1. The zero-order valence-electron chi connectivity index (χ0n) is 13.0. The Hall–Kier alpha value is -1.79. The van der Waals surface area contributed by atoms with Gasteiger partial charge in [0.1, 0.15) is 5.01 Å². The molecule has 0 spiro atoms. The average molecular weight is 320 g/mol. The second-order valence-corrected chi connectivity index (χ2v) is 6.30. The molecule has 0 saturated heterocycles. The van der Waals surface area contributed by atoms with E-state index in [0.29, 0.717) is 23.3 Å². The van der Waals surface area contributed by atoms with Gasteiger partial charge in [-0.2, -0.15) is 0 Å². The van der Waals surface area contributed by atoms with Gasteiger partial charge in [-0.15, -0.1) is 11.3 Å². The number of benzene rings is 1. The quantitative estimate of drug-likeness (QED) is 0.849. The molecule has 0 atom stereocenters. The lowest BCUT2D eigenvalue weighted by atomic mass is 10.1. The molecule has 1 aliphatic carbocycles. The third-order valence-corrected chi connectivity index (χ3v) is 4.67. The van der Waals surface area contributed by atoms with Crippen LogP contribution in [0.5, 0.6) is 17.2 Å². The number of thiazole rings is 1. The molecule has 118 valence electrons. The van der Waals surface area contributed by atoms with E-state index < -0.39 is 0 Å². The standard InChI is InChI=1S/C16H20N2O3S/c1-19-12-6-10(7-13(20-2)16(12)21-3)14-8-18-15(22-14)9-17-11-4-5-11/h6-8,11,17H,4-5,9H2,1-3H3. The molecule has 0 bridgehead atoms. The predicted molar refractivity (Wildman–Crippen MR) is 87.1 cm³/mol. The van der Waals surface area contributed by atoms with Gasteiger partial charge in [0.2, 0.25) is 5.75 Å². The van der Waals surface area contributed by atoms with Gasteiger partial charge in [-0.05, 0) is 25.0 Å². The van der Waals surface area contributed by atoms with Gasteiger partial charge in [-0.25, -0.2) is 4.98 Å². The van der Waals surface area contributed by atoms with Crippen molar-refractivity contribution in [3.63, 3.8) is 0 Å². The highest BCUT2D eigenvalue weighted by Crippen LogP contribution is 2.42. The molecule has 2 aromatic rings. The summed E-state index contributed by atoms with van der Waals surface area (Å²) in [5.74, 6) is 1.92. The summed E-state index contributed by atoms with van der Waals surface area (Å²) >= 11 is 1.68. The Morgan fingerprint density at radius 1 is 1.14 bits per heavy atom. The molecule has 0 aliphatic heterocycles. The topological polar surface area (TPSA) is 52.6 Å². The third-order valence-electron chi connectivity index (χ3n) is 3.62. The Balaban J connectivity index is 1.86. The maximum atomic E-state index is 5.40. The maximum Gasteiger partial charge on any atom is 0.203 e. The minimum atomic E-state index is 0.605. The summed E-state index contributed by atoms with van der Waals surface area (Å²) in [5, 5.41) is 4.57. The van der Waals surface area contributed by atoms with Crippen LogP contribution in [0.3, 0.4) is 0 Å². The fraction of sp³-hybridized carbons (Fsp3) is 0.438. The minimum Gasteiger partial charge on any atom is -0.493 e. The summed E-state index contributed by atoms with van der Waals surface area (Å²) in [4.78, 5) is 5.58. The van der Waals surface area contributed by atoms with Crippen LogP contribution < -0.4 is 19.5 Å². The lowest BCUT2D eigenvalue weighted by molar-refractivity contribution is 0.324. The monoisotopic (exact) mass is 320 g/mol. The summed E-state index contributed by atoms with van der Waals surface area (Å²) in [7, 11) is 4.85. The molecule has 1 aromatic heterocycles. The number of rotatable bonds is 7. The normalized spacial score (nSPS) is 14.0.